The zero-order valence-electron chi connectivity index (χ0n) is 20.0. The molecule has 35 heavy (non-hydrogen) atoms. The second-order valence-corrected chi connectivity index (χ2v) is 9.07. The Balaban J connectivity index is 1.81. The third-order valence-corrected chi connectivity index (χ3v) is 5.69. The molecule has 0 aliphatic carbocycles. The molecule has 2 unspecified atom stereocenters. The highest BCUT2D eigenvalue weighted by molar-refractivity contribution is 5.87. The largest absolute Gasteiger partial charge is 0.381 e. The molecule has 0 saturated heterocycles. The van der Waals surface area contributed by atoms with Gasteiger partial charge in [-0.3, -0.25) is 9.59 Å². The smallest absolute Gasteiger partial charge is 0.318 e. The van der Waals surface area contributed by atoms with E-state index in [1.165, 1.54) is 4.90 Å². The van der Waals surface area contributed by atoms with Crippen molar-refractivity contribution in [2.75, 3.05) is 13.1 Å². The number of aliphatic hydroxyl groups is 1. The summed E-state index contributed by atoms with van der Waals surface area (Å²) in [7, 11) is 0. The van der Waals surface area contributed by atoms with Gasteiger partial charge in [0.15, 0.2) is 0 Å². The maximum atomic E-state index is 13.0. The van der Waals surface area contributed by atoms with E-state index in [0.29, 0.717) is 12.1 Å². The monoisotopic (exact) mass is 476 g/mol. The van der Waals surface area contributed by atoms with Crippen LogP contribution in [0.1, 0.15) is 31.9 Å². The molecule has 0 fully saturated rings. The first-order valence-corrected chi connectivity index (χ1v) is 11.5. The van der Waals surface area contributed by atoms with Crippen LogP contribution in [0.4, 0.5) is 4.79 Å². The summed E-state index contributed by atoms with van der Waals surface area (Å²) in [6, 6.07) is 20.7. The Hall–Kier alpha value is -3.91. The first-order valence-electron chi connectivity index (χ1n) is 11.5. The number of nitrogens with two attached hydrogens (primary N) is 2. The van der Waals surface area contributed by atoms with Crippen LogP contribution < -0.4 is 16.8 Å². The Morgan fingerprint density at radius 1 is 0.886 bits per heavy atom. The maximum Gasteiger partial charge on any atom is 0.318 e. The van der Waals surface area contributed by atoms with Gasteiger partial charge in [-0.2, -0.15) is 0 Å². The highest BCUT2D eigenvalue weighted by Gasteiger charge is 2.25. The molecule has 0 saturated carbocycles. The van der Waals surface area contributed by atoms with Crippen LogP contribution >= 0.6 is 0 Å². The Bertz CT molecular complexity index is 1190. The second-order valence-electron chi connectivity index (χ2n) is 9.07. The minimum absolute atomic E-state index is 0.0802. The zero-order chi connectivity index (χ0) is 25.5. The van der Waals surface area contributed by atoms with Gasteiger partial charge in [0.25, 0.3) is 0 Å². The number of carbonyl (C=O) groups excluding carboxylic acids is 3. The molecule has 3 aromatic rings. The average Bonchev–Trinajstić information content (AvgIpc) is 2.82. The lowest BCUT2D eigenvalue weighted by Gasteiger charge is -2.29. The zero-order valence-corrected chi connectivity index (χ0v) is 20.0. The molecule has 0 aliphatic rings. The van der Waals surface area contributed by atoms with Crippen LogP contribution in [0.25, 0.3) is 21.9 Å². The summed E-state index contributed by atoms with van der Waals surface area (Å²) in [6.07, 6.45) is -1.59. The molecule has 0 bridgehead atoms. The number of primary amides is 2. The van der Waals surface area contributed by atoms with E-state index in [0.717, 1.165) is 21.9 Å². The van der Waals surface area contributed by atoms with Crippen molar-refractivity contribution in [2.24, 2.45) is 17.4 Å². The lowest BCUT2D eigenvalue weighted by Crippen LogP contribution is -2.49. The molecule has 0 radical (unpaired) electrons. The van der Waals surface area contributed by atoms with E-state index in [1.807, 2.05) is 56.3 Å². The number of nitrogens with one attached hydrogen (secondary N) is 1. The predicted octanol–water partition coefficient (Wildman–Crippen LogP) is 2.94. The topological polar surface area (TPSA) is 139 Å². The van der Waals surface area contributed by atoms with Crippen molar-refractivity contribution in [2.45, 2.75) is 32.4 Å². The van der Waals surface area contributed by atoms with Crippen LogP contribution in [0.5, 0.6) is 0 Å². The van der Waals surface area contributed by atoms with E-state index in [2.05, 4.69) is 29.6 Å². The fraction of sp³-hybridized carbons (Fsp3) is 0.296. The molecule has 3 rings (SSSR count). The van der Waals surface area contributed by atoms with Crippen LogP contribution in [0.3, 0.4) is 0 Å². The molecule has 4 amide bonds. The van der Waals surface area contributed by atoms with E-state index in [4.69, 9.17) is 11.5 Å². The first kappa shape index (κ1) is 25.7. The summed E-state index contributed by atoms with van der Waals surface area (Å²) in [5.74, 6) is -1.40. The van der Waals surface area contributed by atoms with Gasteiger partial charge >= 0.3 is 6.03 Å². The molecule has 0 aromatic heterocycles. The standard InChI is InChI=1S/C27H32N4O4/c1-17(2)15-31(16-24(32)26(29)34)27(35)30-23(14-25(28)33)20-10-7-19(8-11-20)22-12-9-18-5-3-4-6-21(18)13-22/h3-13,17,23-24,32H,14-16H2,1-2H3,(H2,28,33)(H2,29,34)(H,30,35). The van der Waals surface area contributed by atoms with E-state index < -0.39 is 30.0 Å². The number of aliphatic hydroxyl groups excluding tert-OH is 1. The van der Waals surface area contributed by atoms with Gasteiger partial charge in [0, 0.05) is 6.54 Å². The Labute approximate surface area is 204 Å². The van der Waals surface area contributed by atoms with Gasteiger partial charge in [-0.25, -0.2) is 4.79 Å². The summed E-state index contributed by atoms with van der Waals surface area (Å²) in [6.45, 7) is 3.86. The van der Waals surface area contributed by atoms with Crippen molar-refractivity contribution in [1.29, 1.82) is 0 Å². The van der Waals surface area contributed by atoms with Crippen molar-refractivity contribution in [1.82, 2.24) is 10.2 Å². The normalized spacial score (nSPS) is 12.8. The molecule has 0 spiro atoms. The van der Waals surface area contributed by atoms with Crippen LogP contribution in [-0.4, -0.2) is 47.0 Å². The number of nitrogens with zero attached hydrogens (tertiary/aromatic N) is 1. The number of fused-ring (bicyclic) bond motifs is 1. The van der Waals surface area contributed by atoms with Gasteiger partial charge < -0.3 is 26.8 Å². The second kappa shape index (κ2) is 11.5. The van der Waals surface area contributed by atoms with Crippen molar-refractivity contribution >= 4 is 28.6 Å². The van der Waals surface area contributed by atoms with Crippen LogP contribution in [0, 0.1) is 5.92 Å². The molecule has 2 atom stereocenters. The Morgan fingerprint density at radius 2 is 1.51 bits per heavy atom. The summed E-state index contributed by atoms with van der Waals surface area (Å²) in [5.41, 5.74) is 13.4. The van der Waals surface area contributed by atoms with Crippen LogP contribution in [-0.2, 0) is 9.59 Å². The van der Waals surface area contributed by atoms with Gasteiger partial charge in [-0.15, -0.1) is 0 Å². The fourth-order valence-electron chi connectivity index (χ4n) is 3.95. The lowest BCUT2D eigenvalue weighted by atomic mass is 9.97. The van der Waals surface area contributed by atoms with E-state index >= 15 is 0 Å². The number of hydrogen-bond donors (Lipinski definition) is 4. The van der Waals surface area contributed by atoms with Crippen LogP contribution in [0.15, 0.2) is 66.7 Å². The van der Waals surface area contributed by atoms with E-state index in [-0.39, 0.29) is 18.9 Å². The van der Waals surface area contributed by atoms with Crippen molar-refractivity contribution in [3.8, 4) is 11.1 Å². The molecule has 0 heterocycles. The van der Waals surface area contributed by atoms with Gasteiger partial charge in [0.05, 0.1) is 19.0 Å². The molecular weight excluding hydrogens is 444 g/mol. The number of hydrogen-bond acceptors (Lipinski definition) is 4. The summed E-state index contributed by atoms with van der Waals surface area (Å²) >= 11 is 0. The van der Waals surface area contributed by atoms with E-state index in [1.54, 1.807) is 0 Å². The fourth-order valence-corrected chi connectivity index (χ4v) is 3.95. The average molecular weight is 477 g/mol. The van der Waals surface area contributed by atoms with Gasteiger partial charge in [0.1, 0.15) is 6.10 Å². The van der Waals surface area contributed by atoms with Crippen molar-refractivity contribution in [3.05, 3.63) is 72.3 Å². The molecule has 6 N–H and O–H groups in total. The number of urea groups is 1. The minimum Gasteiger partial charge on any atom is -0.381 e. The molecular formula is C27H32N4O4. The SMILES string of the molecule is CC(C)CN(CC(O)C(N)=O)C(=O)NC(CC(N)=O)c1ccc(-c2ccc3ccccc3c2)cc1. The highest BCUT2D eigenvalue weighted by atomic mass is 16.3. The summed E-state index contributed by atoms with van der Waals surface area (Å²) in [5, 5.41) is 15.0. The third kappa shape index (κ3) is 7.04. The molecule has 3 aromatic carbocycles. The van der Waals surface area contributed by atoms with Crippen molar-refractivity contribution < 1.29 is 19.5 Å². The number of amides is 4. The quantitative estimate of drug-likeness (QED) is 0.357. The number of benzene rings is 3. The molecule has 0 aliphatic heterocycles. The Kier molecular flexibility index (Phi) is 8.43. The highest BCUT2D eigenvalue weighted by Crippen LogP contribution is 2.27. The lowest BCUT2D eigenvalue weighted by molar-refractivity contribution is -0.126. The minimum atomic E-state index is -1.49. The molecule has 184 valence electrons. The van der Waals surface area contributed by atoms with E-state index in [9.17, 15) is 19.5 Å². The predicted molar refractivity (Wildman–Crippen MR) is 136 cm³/mol. The number of carbonyl (C=O) groups is 3. The van der Waals surface area contributed by atoms with Gasteiger partial charge in [0.2, 0.25) is 11.8 Å². The third-order valence-electron chi connectivity index (χ3n) is 5.69. The summed E-state index contributed by atoms with van der Waals surface area (Å²) in [4.78, 5) is 37.4. The first-order chi connectivity index (χ1) is 16.6. The van der Waals surface area contributed by atoms with Crippen molar-refractivity contribution in [3.63, 3.8) is 0 Å². The van der Waals surface area contributed by atoms with Gasteiger partial charge in [-0.05, 0) is 39.4 Å². The summed E-state index contributed by atoms with van der Waals surface area (Å²) < 4.78 is 0. The van der Waals surface area contributed by atoms with Gasteiger partial charge in [-0.1, -0.05) is 74.5 Å². The van der Waals surface area contributed by atoms with Crippen LogP contribution in [0.2, 0.25) is 0 Å². The molecule has 8 heteroatoms. The maximum absolute atomic E-state index is 13.0. The Morgan fingerprint density at radius 3 is 2.11 bits per heavy atom. The molecule has 8 nitrogen and oxygen atoms in total. The number of rotatable bonds is 10.